The third-order valence-corrected chi connectivity index (χ3v) is 6.93. The van der Waals surface area contributed by atoms with Gasteiger partial charge in [-0.05, 0) is 41.0 Å². The fourth-order valence-corrected chi connectivity index (χ4v) is 4.79. The molecule has 1 unspecified atom stereocenters. The average molecular weight is 511 g/mol. The summed E-state index contributed by atoms with van der Waals surface area (Å²) in [4.78, 5) is 23.7. The number of aromatic nitrogens is 1. The van der Waals surface area contributed by atoms with Gasteiger partial charge in [-0.25, -0.2) is 4.99 Å². The van der Waals surface area contributed by atoms with Crippen LogP contribution in [0.5, 0.6) is 11.5 Å². The number of benzene rings is 2. The Morgan fingerprint density at radius 2 is 1.69 bits per heavy atom. The molecule has 1 aliphatic rings. The number of guanidine groups is 1. The average Bonchev–Trinajstić information content (AvgIpc) is 3.12. The van der Waals surface area contributed by atoms with Crippen LogP contribution in [0.1, 0.15) is 11.1 Å². The zero-order chi connectivity index (χ0) is 25.9. The maximum atomic E-state index is 13.6. The fraction of sp³-hybridized carbons (Fsp3) is 0.240. The van der Waals surface area contributed by atoms with E-state index < -0.39 is 15.7 Å². The van der Waals surface area contributed by atoms with Gasteiger partial charge in [0.05, 0.1) is 19.9 Å². The van der Waals surface area contributed by atoms with Crippen LogP contribution in [0.2, 0.25) is 0 Å². The first-order chi connectivity index (χ1) is 17.2. The minimum absolute atomic E-state index is 0.0119. The van der Waals surface area contributed by atoms with E-state index in [1.807, 2.05) is 18.2 Å². The number of rotatable bonds is 9. The molecule has 0 saturated carbocycles. The number of carbonyl (C=O) groups excluding carboxylic acids is 1. The van der Waals surface area contributed by atoms with E-state index in [0.717, 1.165) is 11.1 Å². The lowest BCUT2D eigenvalue weighted by atomic mass is 9.81. The van der Waals surface area contributed by atoms with Gasteiger partial charge >= 0.3 is 10.1 Å². The van der Waals surface area contributed by atoms with E-state index in [2.05, 4.69) is 9.98 Å². The summed E-state index contributed by atoms with van der Waals surface area (Å²) in [5, 5.41) is 0. The number of hydrogen-bond acceptors (Lipinski definition) is 9. The Morgan fingerprint density at radius 3 is 2.36 bits per heavy atom. The summed E-state index contributed by atoms with van der Waals surface area (Å²) in [6, 6.07) is 15.4. The van der Waals surface area contributed by atoms with Crippen LogP contribution in [0.25, 0.3) is 11.1 Å². The molecule has 36 heavy (non-hydrogen) atoms. The monoisotopic (exact) mass is 510 g/mol. The molecular weight excluding hydrogens is 484 g/mol. The first-order valence-electron chi connectivity index (χ1n) is 11.0. The summed E-state index contributed by atoms with van der Waals surface area (Å²) in [6.45, 7) is -0.0119. The quantitative estimate of drug-likeness (QED) is 0.433. The van der Waals surface area contributed by atoms with Gasteiger partial charge < -0.3 is 19.4 Å². The lowest BCUT2D eigenvalue weighted by Crippen LogP contribution is -2.41. The maximum Gasteiger partial charge on any atom is 0.311 e. The van der Waals surface area contributed by atoms with Crippen molar-refractivity contribution in [3.05, 3.63) is 78.1 Å². The number of aliphatic imine (C=N–C) groups is 1. The van der Waals surface area contributed by atoms with Gasteiger partial charge in [-0.15, -0.1) is 0 Å². The Hall–Kier alpha value is -3.96. The van der Waals surface area contributed by atoms with E-state index in [1.165, 1.54) is 31.2 Å². The van der Waals surface area contributed by atoms with E-state index in [9.17, 15) is 13.2 Å². The largest absolute Gasteiger partial charge is 0.495 e. The van der Waals surface area contributed by atoms with E-state index in [1.54, 1.807) is 43.8 Å². The predicted octanol–water partition coefficient (Wildman–Crippen LogP) is 2.14. The minimum Gasteiger partial charge on any atom is -0.495 e. The second kappa shape index (κ2) is 9.96. The van der Waals surface area contributed by atoms with Gasteiger partial charge in [0.15, 0.2) is 11.5 Å². The van der Waals surface area contributed by atoms with E-state index >= 15 is 0 Å². The summed E-state index contributed by atoms with van der Waals surface area (Å²) in [5.74, 6) is -0.0337. The first kappa shape index (κ1) is 25.1. The van der Waals surface area contributed by atoms with Crippen LogP contribution < -0.4 is 14.7 Å². The molecule has 0 aliphatic carbocycles. The smallest absolute Gasteiger partial charge is 0.311 e. The lowest BCUT2D eigenvalue weighted by Gasteiger charge is -2.27. The highest BCUT2D eigenvalue weighted by Gasteiger charge is 2.49. The van der Waals surface area contributed by atoms with Crippen molar-refractivity contribution in [2.75, 3.05) is 33.6 Å². The topological polar surface area (TPSA) is 133 Å². The molecule has 1 amide bonds. The van der Waals surface area contributed by atoms with Gasteiger partial charge in [-0.3, -0.25) is 14.7 Å². The van der Waals surface area contributed by atoms with Crippen LogP contribution in [-0.2, 0) is 25.2 Å². The molecule has 2 aromatic carbocycles. The molecule has 0 spiro atoms. The number of amides is 1. The third-order valence-electron chi connectivity index (χ3n) is 5.82. The third kappa shape index (κ3) is 4.75. The molecule has 1 atom stereocenters. The Kier molecular flexibility index (Phi) is 6.95. The molecule has 3 aromatic rings. The summed E-state index contributed by atoms with van der Waals surface area (Å²) in [7, 11) is 0.590. The Labute approximate surface area is 209 Å². The number of pyridine rings is 1. The molecule has 11 heteroatoms. The molecule has 2 N–H and O–H groups in total. The number of carbonyl (C=O) groups is 1. The molecule has 188 valence electrons. The second-order valence-electron chi connectivity index (χ2n) is 8.10. The van der Waals surface area contributed by atoms with Crippen molar-refractivity contribution in [1.29, 1.82) is 0 Å². The standard InChI is InChI=1S/C25H26N4O6S/c1-29-23(30)25(28-24(29)26,20-8-5-9-21(14-20)35-36(31,32)11-10-33-2)19-7-4-6-17(12-19)18-13-22(34-3)16-27-15-18/h4-9,12-16H,10-11H2,1-3H3,(H2,26,28). The second-order valence-corrected chi connectivity index (χ2v) is 9.79. The van der Waals surface area contributed by atoms with Gasteiger partial charge in [0.25, 0.3) is 5.91 Å². The molecule has 1 aliphatic heterocycles. The van der Waals surface area contributed by atoms with Crippen LogP contribution in [-0.4, -0.2) is 63.8 Å². The number of methoxy groups -OCH3 is 2. The Balaban J connectivity index is 1.83. The van der Waals surface area contributed by atoms with Crippen LogP contribution in [0.15, 0.2) is 72.0 Å². The number of likely N-dealkylation sites (N-methyl/N-ethyl adjacent to an activating group) is 1. The van der Waals surface area contributed by atoms with Crippen LogP contribution in [0.4, 0.5) is 0 Å². The van der Waals surface area contributed by atoms with Crippen molar-refractivity contribution >= 4 is 22.0 Å². The normalized spacial score (nSPS) is 17.7. The van der Waals surface area contributed by atoms with Gasteiger partial charge in [0.2, 0.25) is 0 Å². The highest BCUT2D eigenvalue weighted by atomic mass is 32.2. The molecule has 4 rings (SSSR count). The molecular formula is C25H26N4O6S. The number of nitrogens with zero attached hydrogens (tertiary/aromatic N) is 3. The zero-order valence-corrected chi connectivity index (χ0v) is 20.9. The summed E-state index contributed by atoms with van der Waals surface area (Å²) in [5.41, 5.74) is 7.05. The molecule has 10 nitrogen and oxygen atoms in total. The number of hydrogen-bond donors (Lipinski definition) is 1. The SMILES string of the molecule is COCCS(=O)(=O)Oc1cccc(C2(c3cccc(-c4cncc(OC)c4)c3)N=C(N)N(C)C2=O)c1. The van der Waals surface area contributed by atoms with Crippen molar-refractivity contribution in [3.63, 3.8) is 0 Å². The molecule has 0 bridgehead atoms. The molecule has 0 saturated heterocycles. The maximum absolute atomic E-state index is 13.6. The zero-order valence-electron chi connectivity index (χ0n) is 20.0. The Morgan fingerprint density at radius 1 is 0.972 bits per heavy atom. The van der Waals surface area contributed by atoms with Gasteiger partial charge in [-0.2, -0.15) is 8.42 Å². The highest BCUT2D eigenvalue weighted by molar-refractivity contribution is 7.87. The van der Waals surface area contributed by atoms with Gasteiger partial charge in [0, 0.05) is 25.9 Å². The summed E-state index contributed by atoms with van der Waals surface area (Å²) in [6.07, 6.45) is 3.29. The van der Waals surface area contributed by atoms with Gasteiger partial charge in [0.1, 0.15) is 17.3 Å². The van der Waals surface area contributed by atoms with Gasteiger partial charge in [-0.1, -0.05) is 30.3 Å². The van der Waals surface area contributed by atoms with Crippen LogP contribution in [0.3, 0.4) is 0 Å². The van der Waals surface area contributed by atoms with E-state index in [4.69, 9.17) is 19.4 Å². The minimum atomic E-state index is -3.91. The van der Waals surface area contributed by atoms with Crippen LogP contribution >= 0.6 is 0 Å². The van der Waals surface area contributed by atoms with Crippen molar-refractivity contribution in [2.24, 2.45) is 10.7 Å². The highest BCUT2D eigenvalue weighted by Crippen LogP contribution is 2.41. The molecule has 1 aromatic heterocycles. The van der Waals surface area contributed by atoms with Crippen molar-refractivity contribution in [3.8, 4) is 22.6 Å². The predicted molar refractivity (Wildman–Crippen MR) is 134 cm³/mol. The molecule has 0 radical (unpaired) electrons. The van der Waals surface area contributed by atoms with Crippen molar-refractivity contribution < 1.29 is 26.9 Å². The molecule has 0 fully saturated rings. The summed E-state index contributed by atoms with van der Waals surface area (Å²) < 4.78 is 40.0. The fourth-order valence-electron chi connectivity index (χ4n) is 3.94. The Bertz CT molecular complexity index is 1430. The molecule has 2 heterocycles. The van der Waals surface area contributed by atoms with E-state index in [0.29, 0.717) is 16.9 Å². The number of nitrogens with two attached hydrogens (primary N) is 1. The summed E-state index contributed by atoms with van der Waals surface area (Å²) >= 11 is 0. The van der Waals surface area contributed by atoms with Crippen molar-refractivity contribution in [1.82, 2.24) is 9.88 Å². The number of ether oxygens (including phenoxy) is 2. The van der Waals surface area contributed by atoms with E-state index in [-0.39, 0.29) is 30.0 Å². The van der Waals surface area contributed by atoms with Crippen LogP contribution in [0, 0.1) is 0 Å². The first-order valence-corrected chi connectivity index (χ1v) is 12.5. The lowest BCUT2D eigenvalue weighted by molar-refractivity contribution is -0.129. The van der Waals surface area contributed by atoms with Crippen molar-refractivity contribution in [2.45, 2.75) is 5.54 Å².